The van der Waals surface area contributed by atoms with E-state index in [2.05, 4.69) is 10.4 Å². The van der Waals surface area contributed by atoms with Crippen LogP contribution in [-0.4, -0.2) is 15.7 Å². The molecule has 0 spiro atoms. The largest absolute Gasteiger partial charge is 0.485 e. The number of amides is 1. The van der Waals surface area contributed by atoms with Crippen LogP contribution in [0.1, 0.15) is 27.6 Å². The number of hydrogen-bond donors (Lipinski definition) is 1. The van der Waals surface area contributed by atoms with Gasteiger partial charge < -0.3 is 14.5 Å². The summed E-state index contributed by atoms with van der Waals surface area (Å²) in [5, 5.41) is 9.28. The third-order valence-corrected chi connectivity index (χ3v) is 4.56. The van der Waals surface area contributed by atoms with Crippen LogP contribution in [0.25, 0.3) is 10.8 Å². The van der Waals surface area contributed by atoms with Gasteiger partial charge in [0, 0.05) is 30.7 Å². The Morgan fingerprint density at radius 2 is 1.96 bits per heavy atom. The van der Waals surface area contributed by atoms with E-state index < -0.39 is 0 Å². The van der Waals surface area contributed by atoms with Gasteiger partial charge in [0.2, 0.25) is 0 Å². The van der Waals surface area contributed by atoms with Crippen LogP contribution in [0.5, 0.6) is 5.75 Å². The fourth-order valence-electron chi connectivity index (χ4n) is 3.13. The average Bonchev–Trinajstić information content (AvgIpc) is 3.30. The first-order valence-electron chi connectivity index (χ1n) is 9.07. The Labute approximate surface area is 162 Å². The minimum atomic E-state index is -0.264. The molecule has 0 aliphatic heterocycles. The minimum absolute atomic E-state index is 0.253. The van der Waals surface area contributed by atoms with Gasteiger partial charge in [-0.25, -0.2) is 0 Å². The smallest absolute Gasteiger partial charge is 0.287 e. The van der Waals surface area contributed by atoms with E-state index >= 15 is 0 Å². The van der Waals surface area contributed by atoms with Crippen molar-refractivity contribution in [3.05, 3.63) is 83.6 Å². The number of rotatable bonds is 6. The lowest BCUT2D eigenvalue weighted by molar-refractivity contribution is 0.0919. The highest BCUT2D eigenvalue weighted by atomic mass is 16.5. The van der Waals surface area contributed by atoms with E-state index in [0.29, 0.717) is 12.3 Å². The number of nitrogens with zero attached hydrogens (tertiary/aromatic N) is 2. The molecule has 0 saturated heterocycles. The number of fused-ring (bicyclic) bond motifs is 1. The molecule has 1 amide bonds. The summed E-state index contributed by atoms with van der Waals surface area (Å²) in [6.07, 6.45) is 1.89. The van der Waals surface area contributed by atoms with Gasteiger partial charge in [-0.05, 0) is 30.5 Å². The first-order chi connectivity index (χ1) is 13.6. The third-order valence-electron chi connectivity index (χ3n) is 4.56. The lowest BCUT2D eigenvalue weighted by atomic mass is 10.1. The Kier molecular flexibility index (Phi) is 4.85. The molecule has 2 aromatic carbocycles. The highest BCUT2D eigenvalue weighted by Gasteiger charge is 2.13. The number of furan rings is 1. The van der Waals surface area contributed by atoms with Gasteiger partial charge in [-0.2, -0.15) is 5.10 Å². The molecule has 0 unspecified atom stereocenters. The molecule has 2 heterocycles. The molecular weight excluding hydrogens is 354 g/mol. The molecule has 4 aromatic rings. The van der Waals surface area contributed by atoms with Crippen LogP contribution in [0.4, 0.5) is 0 Å². The fourth-order valence-corrected chi connectivity index (χ4v) is 3.13. The molecule has 1 N–H and O–H groups in total. The summed E-state index contributed by atoms with van der Waals surface area (Å²) in [7, 11) is 1.85. The van der Waals surface area contributed by atoms with Crippen molar-refractivity contribution in [2.75, 3.05) is 0 Å². The Bertz CT molecular complexity index is 1120. The number of aryl methyl sites for hydroxylation is 2. The highest BCUT2D eigenvalue weighted by Crippen LogP contribution is 2.26. The van der Waals surface area contributed by atoms with Crippen molar-refractivity contribution < 1.29 is 13.9 Å². The molecule has 6 nitrogen and oxygen atoms in total. The standard InChI is InChI=1S/C22H21N3O3/c1-15-17(13-25(2)24-15)12-23-22(26)21-11-10-18(28-21)14-27-20-9-5-7-16-6-3-4-8-19(16)20/h3-11,13H,12,14H2,1-2H3,(H,23,26). The summed E-state index contributed by atoms with van der Waals surface area (Å²) >= 11 is 0. The van der Waals surface area contributed by atoms with Gasteiger partial charge in [-0.15, -0.1) is 0 Å². The predicted octanol–water partition coefficient (Wildman–Crippen LogP) is 3.98. The predicted molar refractivity (Wildman–Crippen MR) is 106 cm³/mol. The van der Waals surface area contributed by atoms with Crippen LogP contribution in [0.3, 0.4) is 0 Å². The van der Waals surface area contributed by atoms with Crippen LogP contribution < -0.4 is 10.1 Å². The number of hydrogen-bond acceptors (Lipinski definition) is 4. The lowest BCUT2D eigenvalue weighted by Crippen LogP contribution is -2.22. The van der Waals surface area contributed by atoms with E-state index in [1.54, 1.807) is 16.8 Å². The van der Waals surface area contributed by atoms with E-state index in [0.717, 1.165) is 27.8 Å². The SMILES string of the molecule is Cc1nn(C)cc1CNC(=O)c1ccc(COc2cccc3ccccc23)o1. The molecule has 0 radical (unpaired) electrons. The third kappa shape index (κ3) is 3.76. The summed E-state index contributed by atoms with van der Waals surface area (Å²) in [6.45, 7) is 2.57. The Hall–Kier alpha value is -3.54. The van der Waals surface area contributed by atoms with Gasteiger partial charge in [0.1, 0.15) is 18.1 Å². The molecule has 0 fully saturated rings. The monoisotopic (exact) mass is 375 g/mol. The van der Waals surface area contributed by atoms with E-state index in [1.807, 2.05) is 62.6 Å². The van der Waals surface area contributed by atoms with Crippen molar-refractivity contribution in [1.29, 1.82) is 0 Å². The summed E-state index contributed by atoms with van der Waals surface area (Å²) in [6, 6.07) is 17.4. The van der Waals surface area contributed by atoms with E-state index in [4.69, 9.17) is 9.15 Å². The molecular formula is C22H21N3O3. The van der Waals surface area contributed by atoms with Crippen LogP contribution >= 0.6 is 0 Å². The van der Waals surface area contributed by atoms with Crippen LogP contribution in [0.2, 0.25) is 0 Å². The number of carbonyl (C=O) groups excluding carboxylic acids is 1. The number of aromatic nitrogens is 2. The van der Waals surface area contributed by atoms with E-state index in [-0.39, 0.29) is 18.3 Å². The van der Waals surface area contributed by atoms with Gasteiger partial charge in [-0.3, -0.25) is 9.48 Å². The first-order valence-corrected chi connectivity index (χ1v) is 9.07. The second-order valence-electron chi connectivity index (χ2n) is 6.63. The maximum atomic E-state index is 12.3. The van der Waals surface area contributed by atoms with Crippen molar-refractivity contribution in [3.63, 3.8) is 0 Å². The van der Waals surface area contributed by atoms with Crippen molar-refractivity contribution >= 4 is 16.7 Å². The maximum Gasteiger partial charge on any atom is 0.287 e. The number of ether oxygens (including phenoxy) is 1. The Morgan fingerprint density at radius 1 is 1.14 bits per heavy atom. The van der Waals surface area contributed by atoms with Crippen molar-refractivity contribution in [2.24, 2.45) is 7.05 Å². The lowest BCUT2D eigenvalue weighted by Gasteiger charge is -2.08. The molecule has 0 aliphatic carbocycles. The minimum Gasteiger partial charge on any atom is -0.485 e. The van der Waals surface area contributed by atoms with Crippen molar-refractivity contribution in [1.82, 2.24) is 15.1 Å². The average molecular weight is 375 g/mol. The molecule has 2 aromatic heterocycles. The molecule has 28 heavy (non-hydrogen) atoms. The molecule has 142 valence electrons. The van der Waals surface area contributed by atoms with Crippen molar-refractivity contribution in [2.45, 2.75) is 20.1 Å². The second-order valence-corrected chi connectivity index (χ2v) is 6.63. The Balaban J connectivity index is 1.38. The van der Waals surface area contributed by atoms with Gasteiger partial charge in [0.05, 0.1) is 5.69 Å². The fraction of sp³-hybridized carbons (Fsp3) is 0.182. The molecule has 6 heteroatoms. The number of nitrogens with one attached hydrogen (secondary N) is 1. The van der Waals surface area contributed by atoms with Gasteiger partial charge in [-0.1, -0.05) is 36.4 Å². The van der Waals surface area contributed by atoms with Crippen LogP contribution in [-0.2, 0) is 20.2 Å². The normalized spacial score (nSPS) is 10.9. The summed E-state index contributed by atoms with van der Waals surface area (Å²) < 4.78 is 13.3. The molecule has 0 saturated carbocycles. The zero-order chi connectivity index (χ0) is 19.5. The Morgan fingerprint density at radius 3 is 2.79 bits per heavy atom. The zero-order valence-electron chi connectivity index (χ0n) is 15.8. The second kappa shape index (κ2) is 7.60. The van der Waals surface area contributed by atoms with Gasteiger partial charge in [0.15, 0.2) is 5.76 Å². The van der Waals surface area contributed by atoms with Gasteiger partial charge in [0.25, 0.3) is 5.91 Å². The maximum absolute atomic E-state index is 12.3. The molecule has 0 atom stereocenters. The molecule has 0 bridgehead atoms. The summed E-state index contributed by atoms with van der Waals surface area (Å²) in [4.78, 5) is 12.3. The molecule has 0 aliphatic rings. The number of benzene rings is 2. The summed E-state index contributed by atoms with van der Waals surface area (Å²) in [5.41, 5.74) is 1.87. The van der Waals surface area contributed by atoms with Crippen LogP contribution in [0, 0.1) is 6.92 Å². The van der Waals surface area contributed by atoms with Gasteiger partial charge >= 0.3 is 0 Å². The zero-order valence-corrected chi connectivity index (χ0v) is 15.8. The quantitative estimate of drug-likeness (QED) is 0.553. The van der Waals surface area contributed by atoms with E-state index in [9.17, 15) is 4.79 Å². The summed E-state index contributed by atoms with van der Waals surface area (Å²) in [5.74, 6) is 1.38. The topological polar surface area (TPSA) is 69.3 Å². The molecule has 4 rings (SSSR count). The number of carbonyl (C=O) groups is 1. The van der Waals surface area contributed by atoms with Crippen molar-refractivity contribution in [3.8, 4) is 5.75 Å². The van der Waals surface area contributed by atoms with E-state index in [1.165, 1.54) is 0 Å². The van der Waals surface area contributed by atoms with Crippen LogP contribution in [0.15, 0.2) is 65.2 Å². The highest BCUT2D eigenvalue weighted by molar-refractivity contribution is 5.91. The first kappa shape index (κ1) is 17.9.